The average Bonchev–Trinajstić information content (AvgIpc) is 2.67. The van der Waals surface area contributed by atoms with Crippen LogP contribution in [0.5, 0.6) is 5.75 Å². The van der Waals surface area contributed by atoms with E-state index in [-0.39, 0.29) is 10.6 Å². The highest BCUT2D eigenvalue weighted by molar-refractivity contribution is 5.68. The molecule has 0 amide bonds. The van der Waals surface area contributed by atoms with Crippen molar-refractivity contribution < 1.29 is 9.66 Å². The highest BCUT2D eigenvalue weighted by Gasteiger charge is 2.21. The fourth-order valence-electron chi connectivity index (χ4n) is 2.89. The van der Waals surface area contributed by atoms with Crippen molar-refractivity contribution in [2.24, 2.45) is 10.2 Å². The van der Waals surface area contributed by atoms with E-state index < -0.39 is 0 Å². The van der Waals surface area contributed by atoms with Crippen LogP contribution in [0, 0.1) is 10.1 Å². The molecule has 25 heavy (non-hydrogen) atoms. The number of nitro groups is 1. The fourth-order valence-corrected chi connectivity index (χ4v) is 2.89. The second-order valence-electron chi connectivity index (χ2n) is 5.88. The van der Waals surface area contributed by atoms with Crippen LogP contribution in [0.4, 0.5) is 22.7 Å². The summed E-state index contributed by atoms with van der Waals surface area (Å²) in [5.41, 5.74) is 1.85. The fraction of sp³-hybridized carbons (Fsp3) is 0.333. The third-order valence-electron chi connectivity index (χ3n) is 4.21. The number of anilines is 1. The first kappa shape index (κ1) is 16.9. The number of nitro benzene ring substituents is 1. The molecule has 1 fully saturated rings. The van der Waals surface area contributed by atoms with Gasteiger partial charge in [0.05, 0.1) is 23.4 Å². The lowest BCUT2D eigenvalue weighted by Gasteiger charge is -2.28. The number of nitrogens with zero attached hydrogens (tertiary/aromatic N) is 4. The van der Waals surface area contributed by atoms with E-state index in [0.29, 0.717) is 17.1 Å². The summed E-state index contributed by atoms with van der Waals surface area (Å²) >= 11 is 0. The minimum absolute atomic E-state index is 0.0769. The molecule has 0 aliphatic carbocycles. The summed E-state index contributed by atoms with van der Waals surface area (Å²) in [7, 11) is 1.60. The van der Waals surface area contributed by atoms with Crippen molar-refractivity contribution in [3.8, 4) is 5.75 Å². The standard InChI is InChI=1S/C18H20N4O3/c1-25-16-8-5-14(6-9-16)19-20-15-7-10-17(18(13-15)22(23)24)21-11-3-2-4-12-21/h5-10,13H,2-4,11-12H2,1H3. The van der Waals surface area contributed by atoms with Gasteiger partial charge in [0, 0.05) is 19.2 Å². The number of rotatable bonds is 5. The van der Waals surface area contributed by atoms with Crippen LogP contribution < -0.4 is 9.64 Å². The van der Waals surface area contributed by atoms with E-state index >= 15 is 0 Å². The number of benzene rings is 2. The smallest absolute Gasteiger partial charge is 0.294 e. The summed E-state index contributed by atoms with van der Waals surface area (Å²) in [5.74, 6) is 0.737. The Hall–Kier alpha value is -2.96. The molecule has 1 heterocycles. The van der Waals surface area contributed by atoms with Gasteiger partial charge in [0.25, 0.3) is 5.69 Å². The number of hydrogen-bond donors (Lipinski definition) is 0. The summed E-state index contributed by atoms with van der Waals surface area (Å²) in [6.07, 6.45) is 3.31. The van der Waals surface area contributed by atoms with Gasteiger partial charge in [0.15, 0.2) is 0 Å². The lowest BCUT2D eigenvalue weighted by atomic mass is 10.1. The molecule has 2 aromatic rings. The Bertz CT molecular complexity index is 768. The minimum Gasteiger partial charge on any atom is -0.497 e. The van der Waals surface area contributed by atoms with Gasteiger partial charge in [-0.05, 0) is 55.7 Å². The van der Waals surface area contributed by atoms with Gasteiger partial charge in [-0.1, -0.05) is 0 Å². The van der Waals surface area contributed by atoms with E-state index in [0.717, 1.165) is 31.7 Å². The zero-order chi connectivity index (χ0) is 17.6. The van der Waals surface area contributed by atoms with Crippen LogP contribution in [0.25, 0.3) is 0 Å². The van der Waals surface area contributed by atoms with Gasteiger partial charge >= 0.3 is 0 Å². The zero-order valence-electron chi connectivity index (χ0n) is 14.1. The van der Waals surface area contributed by atoms with Crippen molar-refractivity contribution in [3.05, 3.63) is 52.6 Å². The third-order valence-corrected chi connectivity index (χ3v) is 4.21. The Morgan fingerprint density at radius 2 is 1.64 bits per heavy atom. The Labute approximate surface area is 146 Å². The molecule has 0 saturated carbocycles. The molecule has 1 aliphatic rings. The molecular weight excluding hydrogens is 320 g/mol. The maximum absolute atomic E-state index is 11.5. The molecule has 130 valence electrons. The van der Waals surface area contributed by atoms with Gasteiger partial charge in [0.2, 0.25) is 0 Å². The van der Waals surface area contributed by atoms with Crippen molar-refractivity contribution in [2.75, 3.05) is 25.1 Å². The quantitative estimate of drug-likeness (QED) is 0.435. The number of hydrogen-bond acceptors (Lipinski definition) is 6. The van der Waals surface area contributed by atoms with Gasteiger partial charge in [-0.2, -0.15) is 10.2 Å². The molecule has 0 N–H and O–H groups in total. The van der Waals surface area contributed by atoms with E-state index in [1.54, 1.807) is 43.5 Å². The van der Waals surface area contributed by atoms with E-state index in [1.165, 1.54) is 12.5 Å². The van der Waals surface area contributed by atoms with Crippen molar-refractivity contribution >= 4 is 22.7 Å². The Morgan fingerprint density at radius 3 is 2.28 bits per heavy atom. The molecule has 7 heteroatoms. The molecule has 0 bridgehead atoms. The van der Waals surface area contributed by atoms with E-state index in [9.17, 15) is 10.1 Å². The van der Waals surface area contributed by atoms with Gasteiger partial charge in [-0.25, -0.2) is 0 Å². The maximum atomic E-state index is 11.5. The maximum Gasteiger partial charge on any atom is 0.294 e. The first-order valence-electron chi connectivity index (χ1n) is 8.26. The van der Waals surface area contributed by atoms with Gasteiger partial charge < -0.3 is 9.64 Å². The van der Waals surface area contributed by atoms with E-state index in [4.69, 9.17) is 4.74 Å². The monoisotopic (exact) mass is 340 g/mol. The van der Waals surface area contributed by atoms with Gasteiger partial charge in [-0.3, -0.25) is 10.1 Å². The topological polar surface area (TPSA) is 80.3 Å². The van der Waals surface area contributed by atoms with Crippen LogP contribution in [0.1, 0.15) is 19.3 Å². The molecule has 1 saturated heterocycles. The second-order valence-corrected chi connectivity index (χ2v) is 5.88. The SMILES string of the molecule is COc1ccc(N=Nc2ccc(N3CCCCC3)c([N+](=O)[O-])c2)cc1. The number of azo groups is 1. The van der Waals surface area contributed by atoms with Gasteiger partial charge in [-0.15, -0.1) is 0 Å². The molecule has 3 rings (SSSR count). The Morgan fingerprint density at radius 1 is 1.00 bits per heavy atom. The minimum atomic E-state index is -0.351. The summed E-state index contributed by atoms with van der Waals surface area (Å²) in [4.78, 5) is 13.2. The van der Waals surface area contributed by atoms with E-state index in [1.807, 2.05) is 0 Å². The summed E-state index contributed by atoms with van der Waals surface area (Å²) in [5, 5.41) is 19.7. The largest absolute Gasteiger partial charge is 0.497 e. The van der Waals surface area contributed by atoms with Crippen LogP contribution in [-0.2, 0) is 0 Å². The predicted octanol–water partition coefficient (Wildman–Crippen LogP) is 5.01. The average molecular weight is 340 g/mol. The molecule has 7 nitrogen and oxygen atoms in total. The molecule has 0 atom stereocenters. The van der Waals surface area contributed by atoms with Crippen molar-refractivity contribution in [1.82, 2.24) is 0 Å². The number of piperidine rings is 1. The lowest BCUT2D eigenvalue weighted by Crippen LogP contribution is -2.29. The molecular formula is C18H20N4O3. The van der Waals surface area contributed by atoms with Crippen LogP contribution >= 0.6 is 0 Å². The Balaban J connectivity index is 1.83. The lowest BCUT2D eigenvalue weighted by molar-refractivity contribution is -0.384. The van der Waals surface area contributed by atoms with Crippen molar-refractivity contribution in [3.63, 3.8) is 0 Å². The Kier molecular flexibility index (Phi) is 5.23. The van der Waals surface area contributed by atoms with Crippen molar-refractivity contribution in [2.45, 2.75) is 19.3 Å². The molecule has 1 aliphatic heterocycles. The summed E-state index contributed by atoms with van der Waals surface area (Å²) in [6.45, 7) is 1.71. The normalized spacial score (nSPS) is 14.7. The zero-order valence-corrected chi connectivity index (χ0v) is 14.1. The first-order valence-corrected chi connectivity index (χ1v) is 8.26. The highest BCUT2D eigenvalue weighted by Crippen LogP contribution is 2.34. The van der Waals surface area contributed by atoms with E-state index in [2.05, 4.69) is 15.1 Å². The van der Waals surface area contributed by atoms with Crippen LogP contribution in [0.3, 0.4) is 0 Å². The predicted molar refractivity (Wildman–Crippen MR) is 96.3 cm³/mol. The first-order chi connectivity index (χ1) is 12.2. The summed E-state index contributed by atoms with van der Waals surface area (Å²) in [6, 6.07) is 12.1. The molecule has 2 aromatic carbocycles. The third kappa shape index (κ3) is 4.12. The molecule has 0 aromatic heterocycles. The second kappa shape index (κ2) is 7.74. The number of ether oxygens (including phenoxy) is 1. The molecule has 0 spiro atoms. The van der Waals surface area contributed by atoms with Crippen LogP contribution in [0.15, 0.2) is 52.7 Å². The number of methoxy groups -OCH3 is 1. The summed E-state index contributed by atoms with van der Waals surface area (Å²) < 4.78 is 5.09. The highest BCUT2D eigenvalue weighted by atomic mass is 16.6. The van der Waals surface area contributed by atoms with Gasteiger partial charge in [0.1, 0.15) is 11.4 Å². The molecule has 0 radical (unpaired) electrons. The van der Waals surface area contributed by atoms with Crippen LogP contribution in [0.2, 0.25) is 0 Å². The molecule has 0 unspecified atom stereocenters. The van der Waals surface area contributed by atoms with Crippen molar-refractivity contribution in [1.29, 1.82) is 0 Å². The van der Waals surface area contributed by atoms with Crippen LogP contribution in [-0.4, -0.2) is 25.1 Å².